The first kappa shape index (κ1) is 16.9. The highest BCUT2D eigenvalue weighted by molar-refractivity contribution is 7.18. The molecule has 2 aromatic rings. The number of nitrogens with zero attached hydrogens (tertiary/aromatic N) is 1. The molecule has 2 rings (SSSR count). The number of amides is 1. The molecule has 2 N–H and O–H groups in total. The first-order valence-corrected chi connectivity index (χ1v) is 8.67. The highest BCUT2D eigenvalue weighted by Gasteiger charge is 2.22. The molecular formula is C17H26N3OS+. The van der Waals surface area contributed by atoms with E-state index in [9.17, 15) is 4.79 Å². The van der Waals surface area contributed by atoms with Gasteiger partial charge in [-0.2, -0.15) is 0 Å². The molecule has 1 unspecified atom stereocenters. The first-order chi connectivity index (χ1) is 10.4. The average molecular weight is 320 g/mol. The van der Waals surface area contributed by atoms with Gasteiger partial charge in [0, 0.05) is 6.04 Å². The Kier molecular flexibility index (Phi) is 5.53. The van der Waals surface area contributed by atoms with Crippen LogP contribution in [0.1, 0.15) is 38.7 Å². The lowest BCUT2D eigenvalue weighted by molar-refractivity contribution is -0.902. The molecule has 0 aliphatic heterocycles. The van der Waals surface area contributed by atoms with Gasteiger partial charge in [-0.1, -0.05) is 26.0 Å². The summed E-state index contributed by atoms with van der Waals surface area (Å²) >= 11 is 1.72. The fourth-order valence-electron chi connectivity index (χ4n) is 2.16. The molecule has 4 nitrogen and oxygen atoms in total. The van der Waals surface area contributed by atoms with Crippen LogP contribution in [-0.2, 0) is 4.79 Å². The third-order valence-corrected chi connectivity index (χ3v) is 5.47. The van der Waals surface area contributed by atoms with Crippen LogP contribution in [0.3, 0.4) is 0 Å². The van der Waals surface area contributed by atoms with Crippen molar-refractivity contribution < 1.29 is 9.69 Å². The minimum atomic E-state index is 0.103. The number of carbonyl (C=O) groups excluding carboxylic acids is 1. The fraction of sp³-hybridized carbons (Fsp3) is 0.529. The second-order valence-electron chi connectivity index (χ2n) is 6.36. The zero-order valence-corrected chi connectivity index (χ0v) is 14.8. The van der Waals surface area contributed by atoms with E-state index in [-0.39, 0.29) is 18.0 Å². The fourth-order valence-corrected chi connectivity index (χ4v) is 3.28. The van der Waals surface area contributed by atoms with Gasteiger partial charge in [0.05, 0.1) is 17.3 Å². The van der Waals surface area contributed by atoms with Gasteiger partial charge in [0.25, 0.3) is 5.91 Å². The van der Waals surface area contributed by atoms with Crippen molar-refractivity contribution in [1.29, 1.82) is 0 Å². The smallest absolute Gasteiger partial charge is 0.275 e. The van der Waals surface area contributed by atoms with E-state index in [4.69, 9.17) is 4.98 Å². The monoisotopic (exact) mass is 320 g/mol. The molecule has 0 saturated carbocycles. The number of carbonyl (C=O) groups is 1. The Bertz CT molecular complexity index is 605. The SMILES string of the molecule is CC(C)[C@H](C)NC(=O)C[NH+](C)[C@@H](C)c1nc2ccccc2s1. The second kappa shape index (κ2) is 7.20. The van der Waals surface area contributed by atoms with E-state index in [2.05, 4.69) is 46.1 Å². The number of quaternary nitrogens is 1. The van der Waals surface area contributed by atoms with Crippen molar-refractivity contribution in [3.8, 4) is 0 Å². The molecule has 0 aliphatic carbocycles. The van der Waals surface area contributed by atoms with Crippen molar-refractivity contribution in [3.05, 3.63) is 29.3 Å². The highest BCUT2D eigenvalue weighted by Crippen LogP contribution is 2.24. The quantitative estimate of drug-likeness (QED) is 0.855. The third-order valence-electron chi connectivity index (χ3n) is 4.25. The Morgan fingerprint density at radius 1 is 1.27 bits per heavy atom. The Morgan fingerprint density at radius 2 is 1.95 bits per heavy atom. The molecule has 1 heterocycles. The van der Waals surface area contributed by atoms with Crippen molar-refractivity contribution in [2.24, 2.45) is 5.92 Å². The Morgan fingerprint density at radius 3 is 2.59 bits per heavy atom. The Hall–Kier alpha value is -1.46. The van der Waals surface area contributed by atoms with Crippen LogP contribution < -0.4 is 10.2 Å². The lowest BCUT2D eigenvalue weighted by Crippen LogP contribution is -3.10. The molecule has 1 aromatic carbocycles. The van der Waals surface area contributed by atoms with Gasteiger partial charge in [-0.25, -0.2) is 4.98 Å². The molecule has 120 valence electrons. The van der Waals surface area contributed by atoms with Crippen molar-refractivity contribution in [2.75, 3.05) is 13.6 Å². The van der Waals surface area contributed by atoms with Crippen LogP contribution in [0.25, 0.3) is 10.2 Å². The average Bonchev–Trinajstić information content (AvgIpc) is 2.89. The van der Waals surface area contributed by atoms with E-state index in [1.165, 1.54) is 4.70 Å². The normalized spacial score (nSPS) is 15.7. The molecule has 3 atom stereocenters. The van der Waals surface area contributed by atoms with Gasteiger partial charge < -0.3 is 10.2 Å². The lowest BCUT2D eigenvalue weighted by Gasteiger charge is -2.22. The van der Waals surface area contributed by atoms with Crippen molar-refractivity contribution >= 4 is 27.5 Å². The number of benzene rings is 1. The summed E-state index contributed by atoms with van der Waals surface area (Å²) in [5, 5.41) is 4.15. The molecule has 0 saturated heterocycles. The van der Waals surface area contributed by atoms with Crippen LogP contribution in [0.15, 0.2) is 24.3 Å². The Balaban J connectivity index is 1.99. The molecule has 1 aromatic heterocycles. The molecule has 22 heavy (non-hydrogen) atoms. The summed E-state index contributed by atoms with van der Waals surface area (Å²) in [6.45, 7) is 8.88. The van der Waals surface area contributed by atoms with E-state index >= 15 is 0 Å². The summed E-state index contributed by atoms with van der Waals surface area (Å²) in [7, 11) is 2.05. The standard InChI is InChI=1S/C17H25N3OS/c1-11(2)12(3)18-16(21)10-20(5)13(4)17-19-14-8-6-7-9-15(14)22-17/h6-9,11-13H,10H2,1-5H3,(H,18,21)/p+1/t12-,13-/m0/s1. The zero-order valence-electron chi connectivity index (χ0n) is 14.0. The van der Waals surface area contributed by atoms with Crippen molar-refractivity contribution in [1.82, 2.24) is 10.3 Å². The number of nitrogens with one attached hydrogen (secondary N) is 2. The number of hydrogen-bond acceptors (Lipinski definition) is 3. The van der Waals surface area contributed by atoms with Gasteiger partial charge in [0.2, 0.25) is 0 Å². The van der Waals surface area contributed by atoms with Crippen LogP contribution in [0.4, 0.5) is 0 Å². The number of fused-ring (bicyclic) bond motifs is 1. The van der Waals surface area contributed by atoms with Gasteiger partial charge in [-0.05, 0) is 31.9 Å². The molecule has 0 fully saturated rings. The van der Waals surface area contributed by atoms with Crippen molar-refractivity contribution in [3.63, 3.8) is 0 Å². The summed E-state index contributed by atoms with van der Waals surface area (Å²) in [5.41, 5.74) is 1.04. The molecule has 1 amide bonds. The Labute approximate surface area is 136 Å². The highest BCUT2D eigenvalue weighted by atomic mass is 32.1. The minimum absolute atomic E-state index is 0.103. The van der Waals surface area contributed by atoms with Crippen LogP contribution >= 0.6 is 11.3 Å². The zero-order chi connectivity index (χ0) is 16.3. The van der Waals surface area contributed by atoms with Crippen LogP contribution in [0, 0.1) is 5.92 Å². The predicted molar refractivity (Wildman–Crippen MR) is 92.2 cm³/mol. The summed E-state index contributed by atoms with van der Waals surface area (Å²) in [6, 6.07) is 8.58. The minimum Gasteiger partial charge on any atom is -0.348 e. The largest absolute Gasteiger partial charge is 0.348 e. The van der Waals surface area contributed by atoms with Gasteiger partial charge >= 0.3 is 0 Å². The molecule has 5 heteroatoms. The predicted octanol–water partition coefficient (Wildman–Crippen LogP) is 2.03. The molecule has 0 radical (unpaired) electrons. The van der Waals surface area contributed by atoms with E-state index in [0.717, 1.165) is 15.4 Å². The summed E-state index contributed by atoms with van der Waals surface area (Å²) < 4.78 is 1.20. The topological polar surface area (TPSA) is 46.4 Å². The molecule has 0 aliphatic rings. The third kappa shape index (κ3) is 4.05. The number of likely N-dealkylation sites (N-methyl/N-ethyl adjacent to an activating group) is 1. The van der Waals surface area contributed by atoms with E-state index < -0.39 is 0 Å². The molecular weight excluding hydrogens is 294 g/mol. The van der Waals surface area contributed by atoms with E-state index in [1.807, 2.05) is 18.2 Å². The number of rotatable bonds is 6. The van der Waals surface area contributed by atoms with Crippen LogP contribution in [-0.4, -0.2) is 30.5 Å². The summed E-state index contributed by atoms with van der Waals surface area (Å²) in [6.07, 6.45) is 0. The van der Waals surface area contributed by atoms with Crippen LogP contribution in [0.5, 0.6) is 0 Å². The lowest BCUT2D eigenvalue weighted by atomic mass is 10.1. The number of hydrogen-bond donors (Lipinski definition) is 2. The van der Waals surface area contributed by atoms with Crippen molar-refractivity contribution in [2.45, 2.75) is 39.8 Å². The maximum Gasteiger partial charge on any atom is 0.275 e. The summed E-state index contributed by atoms with van der Waals surface area (Å²) in [5.74, 6) is 0.553. The van der Waals surface area contributed by atoms with Gasteiger partial charge in [-0.3, -0.25) is 4.79 Å². The maximum absolute atomic E-state index is 12.1. The maximum atomic E-state index is 12.1. The van der Waals surface area contributed by atoms with Crippen LogP contribution in [0.2, 0.25) is 0 Å². The summed E-state index contributed by atoms with van der Waals surface area (Å²) in [4.78, 5) is 18.0. The van der Waals surface area contributed by atoms with Gasteiger partial charge in [-0.15, -0.1) is 11.3 Å². The number of aromatic nitrogens is 1. The number of thiazole rings is 1. The van der Waals surface area contributed by atoms with E-state index in [1.54, 1.807) is 11.3 Å². The molecule has 0 bridgehead atoms. The second-order valence-corrected chi connectivity index (χ2v) is 7.43. The first-order valence-electron chi connectivity index (χ1n) is 7.85. The van der Waals surface area contributed by atoms with Gasteiger partial charge in [0.15, 0.2) is 11.6 Å². The number of para-hydroxylation sites is 1. The van der Waals surface area contributed by atoms with E-state index in [0.29, 0.717) is 12.5 Å². The molecule has 0 spiro atoms. The van der Waals surface area contributed by atoms with Gasteiger partial charge in [0.1, 0.15) is 6.04 Å².